The van der Waals surface area contributed by atoms with Crippen LogP contribution in [0.2, 0.25) is 0 Å². The number of hydrogen-bond acceptors (Lipinski definition) is 3. The second-order valence-corrected chi connectivity index (χ2v) is 7.51. The average Bonchev–Trinajstić information content (AvgIpc) is 2.54. The lowest BCUT2D eigenvalue weighted by molar-refractivity contribution is -0.122. The van der Waals surface area contributed by atoms with E-state index in [1.807, 2.05) is 25.1 Å². The number of rotatable bonds is 5. The third-order valence-electron chi connectivity index (χ3n) is 5.71. The maximum absolute atomic E-state index is 12.7. The number of fused-ring (bicyclic) bond motifs is 2. The smallest absolute Gasteiger partial charge is 0.227 e. The molecule has 5 heteroatoms. The Hall–Kier alpha value is -1.26. The fourth-order valence-electron chi connectivity index (χ4n) is 4.32. The van der Waals surface area contributed by atoms with Gasteiger partial charge in [-0.25, -0.2) is 0 Å². The van der Waals surface area contributed by atoms with Gasteiger partial charge in [-0.1, -0.05) is 13.3 Å². The fourth-order valence-corrected chi connectivity index (χ4v) is 4.32. The lowest BCUT2D eigenvalue weighted by Crippen LogP contribution is -2.48. The number of aryl methyl sites for hydroxylation is 1. The number of nitrogens with two attached hydrogens (primary N) is 1. The van der Waals surface area contributed by atoms with Crippen LogP contribution < -0.4 is 15.8 Å². The van der Waals surface area contributed by atoms with Crippen LogP contribution in [0.3, 0.4) is 0 Å². The predicted molar refractivity (Wildman–Crippen MR) is 104 cm³/mol. The minimum absolute atomic E-state index is 0. The van der Waals surface area contributed by atoms with Gasteiger partial charge in [-0.2, -0.15) is 0 Å². The average molecular weight is 367 g/mol. The minimum atomic E-state index is 0. The van der Waals surface area contributed by atoms with Crippen molar-refractivity contribution in [3.8, 4) is 5.75 Å². The van der Waals surface area contributed by atoms with Gasteiger partial charge in [0.2, 0.25) is 5.91 Å². The molecule has 1 aromatic carbocycles. The number of anilines is 1. The third kappa shape index (κ3) is 4.68. The Morgan fingerprint density at radius 2 is 1.96 bits per heavy atom. The van der Waals surface area contributed by atoms with Gasteiger partial charge in [0.05, 0.1) is 6.61 Å². The molecule has 0 aromatic heterocycles. The van der Waals surface area contributed by atoms with E-state index in [1.165, 1.54) is 19.3 Å². The van der Waals surface area contributed by atoms with Gasteiger partial charge in [0.15, 0.2) is 0 Å². The highest BCUT2D eigenvalue weighted by Crippen LogP contribution is 2.42. The summed E-state index contributed by atoms with van der Waals surface area (Å²) in [6, 6.07) is 6.19. The van der Waals surface area contributed by atoms with Gasteiger partial charge >= 0.3 is 0 Å². The summed E-state index contributed by atoms with van der Waals surface area (Å²) in [4.78, 5) is 12.7. The van der Waals surface area contributed by atoms with Crippen molar-refractivity contribution in [3.05, 3.63) is 23.8 Å². The molecule has 0 heterocycles. The summed E-state index contributed by atoms with van der Waals surface area (Å²) < 4.78 is 5.65. The molecular formula is C20H31ClN2O2. The van der Waals surface area contributed by atoms with Crippen molar-refractivity contribution in [1.82, 2.24) is 0 Å². The van der Waals surface area contributed by atoms with Crippen molar-refractivity contribution in [2.45, 2.75) is 58.4 Å². The van der Waals surface area contributed by atoms with E-state index in [1.54, 1.807) is 0 Å². The molecule has 3 rings (SSSR count). The fraction of sp³-hybridized carbons (Fsp3) is 0.650. The number of benzene rings is 1. The molecule has 1 amide bonds. The molecule has 2 aliphatic rings. The molecule has 2 bridgehead atoms. The number of carbonyl (C=O) groups excluding carboxylic acids is 1. The van der Waals surface area contributed by atoms with Crippen LogP contribution in [0.15, 0.2) is 18.2 Å². The van der Waals surface area contributed by atoms with Crippen LogP contribution in [0.1, 0.15) is 51.0 Å². The first-order valence-electron chi connectivity index (χ1n) is 9.38. The first-order valence-corrected chi connectivity index (χ1v) is 9.38. The standard InChI is InChI=1S/C20H30N2O2.ClH/c1-3-9-24-17-7-8-18(13(2)10-17)22-20(23)16-11-14-5-4-6-15(12-16)19(14)21;/h7-8,10,14-16,19H,3-6,9,11-12,21H2,1-2H3,(H,22,23);1H. The minimum Gasteiger partial charge on any atom is -0.494 e. The zero-order valence-electron chi connectivity index (χ0n) is 15.3. The van der Waals surface area contributed by atoms with Crippen molar-refractivity contribution in [2.24, 2.45) is 23.5 Å². The quantitative estimate of drug-likeness (QED) is 0.816. The molecule has 1 aromatic rings. The van der Waals surface area contributed by atoms with Crippen LogP contribution in [-0.4, -0.2) is 18.6 Å². The summed E-state index contributed by atoms with van der Waals surface area (Å²) in [6.07, 6.45) is 6.52. The molecule has 3 N–H and O–H groups in total. The van der Waals surface area contributed by atoms with Gasteiger partial charge in [0.1, 0.15) is 5.75 Å². The van der Waals surface area contributed by atoms with Crippen LogP contribution in [-0.2, 0) is 4.79 Å². The Bertz CT molecular complexity index is 579. The zero-order chi connectivity index (χ0) is 17.1. The maximum Gasteiger partial charge on any atom is 0.227 e. The van der Waals surface area contributed by atoms with Crippen molar-refractivity contribution >= 4 is 24.0 Å². The Labute approximate surface area is 157 Å². The number of hydrogen-bond donors (Lipinski definition) is 2. The molecule has 2 fully saturated rings. The highest BCUT2D eigenvalue weighted by atomic mass is 35.5. The van der Waals surface area contributed by atoms with Crippen molar-refractivity contribution in [3.63, 3.8) is 0 Å². The SMILES string of the molecule is CCCOc1ccc(NC(=O)C2CC3CCCC(C2)C3N)c(C)c1.Cl. The molecule has 4 nitrogen and oxygen atoms in total. The highest BCUT2D eigenvalue weighted by molar-refractivity contribution is 5.93. The lowest BCUT2D eigenvalue weighted by Gasteiger charge is -2.43. The van der Waals surface area contributed by atoms with E-state index in [9.17, 15) is 4.79 Å². The summed E-state index contributed by atoms with van der Waals surface area (Å²) >= 11 is 0. The number of amides is 1. The maximum atomic E-state index is 12.7. The Morgan fingerprint density at radius 1 is 1.28 bits per heavy atom. The van der Waals surface area contributed by atoms with E-state index >= 15 is 0 Å². The lowest BCUT2D eigenvalue weighted by atomic mass is 9.65. The van der Waals surface area contributed by atoms with Gasteiger partial charge in [0.25, 0.3) is 0 Å². The van der Waals surface area contributed by atoms with Gasteiger partial charge in [-0.3, -0.25) is 4.79 Å². The third-order valence-corrected chi connectivity index (χ3v) is 5.71. The van der Waals surface area contributed by atoms with E-state index in [0.29, 0.717) is 17.9 Å². The number of nitrogens with one attached hydrogen (secondary N) is 1. The van der Waals surface area contributed by atoms with E-state index in [4.69, 9.17) is 10.5 Å². The Kier molecular flexibility index (Phi) is 7.14. The van der Waals surface area contributed by atoms with Gasteiger partial charge < -0.3 is 15.8 Å². The van der Waals surface area contributed by atoms with Gasteiger partial charge in [-0.05, 0) is 74.6 Å². The summed E-state index contributed by atoms with van der Waals surface area (Å²) in [5, 5.41) is 3.13. The molecule has 0 radical (unpaired) electrons. The second kappa shape index (κ2) is 8.91. The van der Waals surface area contributed by atoms with Crippen molar-refractivity contribution in [1.29, 1.82) is 0 Å². The zero-order valence-corrected chi connectivity index (χ0v) is 16.1. The number of ether oxygens (including phenoxy) is 1. The number of halogens is 1. The normalized spacial score (nSPS) is 28.0. The molecule has 2 aliphatic carbocycles. The summed E-state index contributed by atoms with van der Waals surface area (Å²) in [6.45, 7) is 4.82. The van der Waals surface area contributed by atoms with Gasteiger partial charge in [0, 0.05) is 17.6 Å². The summed E-state index contributed by atoms with van der Waals surface area (Å²) in [5.74, 6) is 2.18. The van der Waals surface area contributed by atoms with Gasteiger partial charge in [-0.15, -0.1) is 12.4 Å². The van der Waals surface area contributed by atoms with Crippen LogP contribution in [0.4, 0.5) is 5.69 Å². The van der Waals surface area contributed by atoms with E-state index in [-0.39, 0.29) is 24.2 Å². The molecule has 0 saturated heterocycles. The Balaban J connectivity index is 0.00000225. The van der Waals surface area contributed by atoms with Crippen LogP contribution in [0, 0.1) is 24.7 Å². The first-order chi connectivity index (χ1) is 11.6. The summed E-state index contributed by atoms with van der Waals surface area (Å²) in [5.41, 5.74) is 8.27. The van der Waals surface area contributed by atoms with Crippen LogP contribution in [0.25, 0.3) is 0 Å². The Morgan fingerprint density at radius 3 is 2.56 bits per heavy atom. The summed E-state index contributed by atoms with van der Waals surface area (Å²) in [7, 11) is 0. The highest BCUT2D eigenvalue weighted by Gasteiger charge is 2.40. The topological polar surface area (TPSA) is 64.3 Å². The van der Waals surface area contributed by atoms with Crippen LogP contribution in [0.5, 0.6) is 5.75 Å². The second-order valence-electron chi connectivity index (χ2n) is 7.51. The molecule has 25 heavy (non-hydrogen) atoms. The van der Waals surface area contributed by atoms with E-state index in [2.05, 4.69) is 12.2 Å². The van der Waals surface area contributed by atoms with E-state index in [0.717, 1.165) is 42.9 Å². The largest absolute Gasteiger partial charge is 0.494 e. The first kappa shape index (κ1) is 20.1. The molecule has 140 valence electrons. The predicted octanol–water partition coefficient (Wildman–Crippen LogP) is 4.30. The molecule has 0 aliphatic heterocycles. The van der Waals surface area contributed by atoms with Crippen molar-refractivity contribution < 1.29 is 9.53 Å². The monoisotopic (exact) mass is 366 g/mol. The molecule has 2 saturated carbocycles. The molecule has 2 unspecified atom stereocenters. The molecule has 2 atom stereocenters. The van der Waals surface area contributed by atoms with Crippen LogP contribution >= 0.6 is 12.4 Å². The van der Waals surface area contributed by atoms with E-state index < -0.39 is 0 Å². The molecular weight excluding hydrogens is 336 g/mol. The van der Waals surface area contributed by atoms with Crippen molar-refractivity contribution in [2.75, 3.05) is 11.9 Å². The number of carbonyl (C=O) groups is 1. The molecule has 0 spiro atoms.